The van der Waals surface area contributed by atoms with E-state index in [9.17, 15) is 4.39 Å². The zero-order valence-electron chi connectivity index (χ0n) is 10.7. The third-order valence-electron chi connectivity index (χ3n) is 2.61. The van der Waals surface area contributed by atoms with Gasteiger partial charge in [0.15, 0.2) is 5.84 Å². The van der Waals surface area contributed by atoms with E-state index in [1.807, 2.05) is 18.4 Å². The quantitative estimate of drug-likeness (QED) is 0.298. The minimum atomic E-state index is -0.489. The van der Waals surface area contributed by atoms with Crippen molar-refractivity contribution in [3.05, 3.63) is 53.8 Å². The van der Waals surface area contributed by atoms with Crippen LogP contribution in [-0.4, -0.2) is 17.3 Å². The number of thioether (sulfide) groups is 1. The highest BCUT2D eigenvalue weighted by Crippen LogP contribution is 2.27. The molecular formula is C14H13FN2O2S. The van der Waals surface area contributed by atoms with Crippen LogP contribution in [0, 0.1) is 5.82 Å². The predicted octanol–water partition coefficient (Wildman–Crippen LogP) is 3.43. The molecule has 0 heterocycles. The summed E-state index contributed by atoms with van der Waals surface area (Å²) in [5.74, 6) is 0.205. The number of halogens is 1. The van der Waals surface area contributed by atoms with Crippen molar-refractivity contribution in [1.29, 1.82) is 0 Å². The second-order valence-corrected chi connectivity index (χ2v) is 4.78. The monoisotopic (exact) mass is 292 g/mol. The molecule has 2 aromatic carbocycles. The molecule has 0 aliphatic carbocycles. The van der Waals surface area contributed by atoms with Crippen LogP contribution in [0.5, 0.6) is 11.5 Å². The fourth-order valence-electron chi connectivity index (χ4n) is 1.62. The van der Waals surface area contributed by atoms with Crippen molar-refractivity contribution in [2.45, 2.75) is 4.90 Å². The highest BCUT2D eigenvalue weighted by molar-refractivity contribution is 7.98. The Morgan fingerprint density at radius 2 is 1.95 bits per heavy atom. The van der Waals surface area contributed by atoms with Crippen LogP contribution in [-0.2, 0) is 0 Å². The molecule has 0 amide bonds. The number of nitrogens with two attached hydrogens (primary N) is 1. The molecule has 6 heteroatoms. The SMILES string of the molecule is CSc1ccc(Oc2ccc(F)cc2C(N)=NO)cc1. The topological polar surface area (TPSA) is 67.8 Å². The third kappa shape index (κ3) is 3.21. The van der Waals surface area contributed by atoms with Crippen LogP contribution in [0.2, 0.25) is 0 Å². The highest BCUT2D eigenvalue weighted by Gasteiger charge is 2.11. The summed E-state index contributed by atoms with van der Waals surface area (Å²) < 4.78 is 18.9. The summed E-state index contributed by atoms with van der Waals surface area (Å²) in [5.41, 5.74) is 5.71. The number of ether oxygens (including phenoxy) is 1. The number of benzene rings is 2. The zero-order valence-corrected chi connectivity index (χ0v) is 11.5. The summed E-state index contributed by atoms with van der Waals surface area (Å²) in [6.45, 7) is 0. The molecule has 0 spiro atoms. The lowest BCUT2D eigenvalue weighted by molar-refractivity contribution is 0.318. The number of hydrogen-bond acceptors (Lipinski definition) is 4. The van der Waals surface area contributed by atoms with E-state index in [0.717, 1.165) is 11.0 Å². The van der Waals surface area contributed by atoms with Crippen LogP contribution >= 0.6 is 11.8 Å². The van der Waals surface area contributed by atoms with E-state index >= 15 is 0 Å². The van der Waals surface area contributed by atoms with Gasteiger partial charge in [-0.05, 0) is 48.7 Å². The lowest BCUT2D eigenvalue weighted by atomic mass is 10.2. The van der Waals surface area contributed by atoms with E-state index in [2.05, 4.69) is 5.16 Å². The molecule has 0 fully saturated rings. The summed E-state index contributed by atoms with van der Waals surface area (Å²) in [7, 11) is 0. The summed E-state index contributed by atoms with van der Waals surface area (Å²) in [6.07, 6.45) is 1.98. The van der Waals surface area contributed by atoms with Crippen LogP contribution in [0.15, 0.2) is 52.5 Å². The second kappa shape index (κ2) is 6.29. The van der Waals surface area contributed by atoms with Crippen LogP contribution < -0.4 is 10.5 Å². The fourth-order valence-corrected chi connectivity index (χ4v) is 2.02. The van der Waals surface area contributed by atoms with Gasteiger partial charge in [-0.25, -0.2) is 4.39 Å². The Balaban J connectivity index is 2.32. The first kappa shape index (κ1) is 14.2. The largest absolute Gasteiger partial charge is 0.457 e. The van der Waals surface area contributed by atoms with Crippen LogP contribution in [0.4, 0.5) is 4.39 Å². The second-order valence-electron chi connectivity index (χ2n) is 3.90. The van der Waals surface area contributed by atoms with E-state index in [1.54, 1.807) is 23.9 Å². The number of amidine groups is 1. The first-order chi connectivity index (χ1) is 9.63. The summed E-state index contributed by atoms with van der Waals surface area (Å²) in [4.78, 5) is 1.10. The minimum Gasteiger partial charge on any atom is -0.457 e. The van der Waals surface area contributed by atoms with Gasteiger partial charge in [0.25, 0.3) is 0 Å². The van der Waals surface area contributed by atoms with Gasteiger partial charge in [-0.15, -0.1) is 11.8 Å². The van der Waals surface area contributed by atoms with E-state index < -0.39 is 5.82 Å². The minimum absolute atomic E-state index is 0.196. The molecule has 0 aliphatic rings. The molecule has 0 aromatic heterocycles. The lowest BCUT2D eigenvalue weighted by Gasteiger charge is -2.10. The summed E-state index contributed by atoms with van der Waals surface area (Å²) in [5, 5.41) is 11.6. The number of nitrogens with zero attached hydrogens (tertiary/aromatic N) is 1. The normalized spacial score (nSPS) is 11.4. The van der Waals surface area contributed by atoms with Crippen LogP contribution in [0.25, 0.3) is 0 Å². The van der Waals surface area contributed by atoms with Gasteiger partial charge in [-0.1, -0.05) is 5.16 Å². The predicted molar refractivity (Wildman–Crippen MR) is 77.2 cm³/mol. The molecule has 0 atom stereocenters. The Morgan fingerprint density at radius 1 is 1.25 bits per heavy atom. The molecule has 2 aromatic rings. The van der Waals surface area contributed by atoms with Gasteiger partial charge in [-0.2, -0.15) is 0 Å². The van der Waals surface area contributed by atoms with E-state index in [0.29, 0.717) is 11.5 Å². The Morgan fingerprint density at radius 3 is 2.55 bits per heavy atom. The van der Waals surface area contributed by atoms with Gasteiger partial charge in [0.1, 0.15) is 17.3 Å². The Hall–Kier alpha value is -2.21. The smallest absolute Gasteiger partial charge is 0.173 e. The van der Waals surface area contributed by atoms with Gasteiger partial charge in [0.2, 0.25) is 0 Å². The van der Waals surface area contributed by atoms with Gasteiger partial charge in [0.05, 0.1) is 5.56 Å². The average molecular weight is 292 g/mol. The number of rotatable bonds is 4. The van der Waals surface area contributed by atoms with Crippen molar-refractivity contribution in [2.75, 3.05) is 6.26 Å². The van der Waals surface area contributed by atoms with Gasteiger partial charge >= 0.3 is 0 Å². The van der Waals surface area contributed by atoms with Gasteiger partial charge < -0.3 is 15.7 Å². The molecule has 2 rings (SSSR count). The molecule has 3 N–H and O–H groups in total. The molecule has 0 unspecified atom stereocenters. The summed E-state index contributed by atoms with van der Waals surface area (Å²) in [6, 6.07) is 11.3. The first-order valence-electron chi connectivity index (χ1n) is 5.73. The molecule has 0 radical (unpaired) electrons. The highest BCUT2D eigenvalue weighted by atomic mass is 32.2. The maximum absolute atomic E-state index is 13.2. The standard InChI is InChI=1S/C14H13FN2O2S/c1-20-11-5-3-10(4-6-11)19-13-7-2-9(15)8-12(13)14(16)17-18/h2-8,18H,1H3,(H2,16,17). The van der Waals surface area contributed by atoms with Crippen molar-refractivity contribution in [3.8, 4) is 11.5 Å². The van der Waals surface area contributed by atoms with E-state index in [-0.39, 0.29) is 11.4 Å². The van der Waals surface area contributed by atoms with E-state index in [4.69, 9.17) is 15.7 Å². The number of oxime groups is 1. The average Bonchev–Trinajstić information content (AvgIpc) is 2.49. The maximum atomic E-state index is 13.2. The van der Waals surface area contributed by atoms with Crippen molar-refractivity contribution in [2.24, 2.45) is 10.9 Å². The lowest BCUT2D eigenvalue weighted by Crippen LogP contribution is -2.14. The van der Waals surface area contributed by atoms with Gasteiger partial charge in [0, 0.05) is 4.90 Å². The van der Waals surface area contributed by atoms with Crippen molar-refractivity contribution < 1.29 is 14.3 Å². The molecule has 0 aliphatic heterocycles. The first-order valence-corrected chi connectivity index (χ1v) is 6.96. The molecule has 0 saturated heterocycles. The molecule has 104 valence electrons. The zero-order chi connectivity index (χ0) is 14.5. The molecule has 20 heavy (non-hydrogen) atoms. The van der Waals surface area contributed by atoms with Crippen molar-refractivity contribution in [1.82, 2.24) is 0 Å². The maximum Gasteiger partial charge on any atom is 0.173 e. The molecule has 0 saturated carbocycles. The van der Waals surface area contributed by atoms with Crippen LogP contribution in [0.1, 0.15) is 5.56 Å². The van der Waals surface area contributed by atoms with Crippen molar-refractivity contribution >= 4 is 17.6 Å². The summed E-state index contributed by atoms with van der Waals surface area (Å²) >= 11 is 1.62. The molecule has 4 nitrogen and oxygen atoms in total. The van der Waals surface area contributed by atoms with Crippen molar-refractivity contribution in [3.63, 3.8) is 0 Å². The fraction of sp³-hybridized carbons (Fsp3) is 0.0714. The van der Waals surface area contributed by atoms with Gasteiger partial charge in [-0.3, -0.25) is 0 Å². The Kier molecular flexibility index (Phi) is 4.47. The van der Waals surface area contributed by atoms with Crippen LogP contribution in [0.3, 0.4) is 0 Å². The Labute approximate surface area is 120 Å². The molecule has 0 bridgehead atoms. The van der Waals surface area contributed by atoms with E-state index in [1.165, 1.54) is 12.1 Å². The Bertz CT molecular complexity index is 630. The third-order valence-corrected chi connectivity index (χ3v) is 3.36. The molecular weight excluding hydrogens is 279 g/mol. The number of hydrogen-bond donors (Lipinski definition) is 2.